The second-order valence-electron chi connectivity index (χ2n) is 5.79. The quantitative estimate of drug-likeness (QED) is 0.631. The number of rotatable bonds is 5. The molecule has 0 spiro atoms. The molecule has 0 fully saturated rings. The average Bonchev–Trinajstić information content (AvgIpc) is 3.12. The first-order valence-corrected chi connectivity index (χ1v) is 8.20. The fourth-order valence-corrected chi connectivity index (χ4v) is 2.56. The second kappa shape index (κ2) is 7.61. The Bertz CT molecular complexity index is 951. The molecule has 0 aliphatic carbocycles. The number of halogens is 3. The van der Waals surface area contributed by atoms with E-state index in [9.17, 15) is 18.0 Å². The molecule has 2 aromatic heterocycles. The summed E-state index contributed by atoms with van der Waals surface area (Å²) in [5.74, 6) is -0.0288. The Labute approximate surface area is 153 Å². The molecule has 0 saturated carbocycles. The van der Waals surface area contributed by atoms with Gasteiger partial charge in [0.25, 0.3) is 0 Å². The smallest absolute Gasteiger partial charge is 0.416 e. The van der Waals surface area contributed by atoms with Crippen LogP contribution < -0.4 is 0 Å². The van der Waals surface area contributed by atoms with Gasteiger partial charge in [-0.05, 0) is 42.7 Å². The maximum absolute atomic E-state index is 12.9. The second-order valence-corrected chi connectivity index (χ2v) is 5.79. The summed E-state index contributed by atoms with van der Waals surface area (Å²) in [5, 5.41) is 4.09. The molecule has 8 heteroatoms. The summed E-state index contributed by atoms with van der Waals surface area (Å²) < 4.78 is 44.9. The number of aromatic nitrogens is 3. The molecule has 0 amide bonds. The molecule has 0 bridgehead atoms. The number of hydrogen-bond donors (Lipinski definition) is 0. The van der Waals surface area contributed by atoms with E-state index in [0.717, 1.165) is 17.7 Å². The molecule has 0 N–H and O–H groups in total. The molecule has 0 atom stereocenters. The zero-order valence-corrected chi connectivity index (χ0v) is 14.4. The number of benzene rings is 1. The Morgan fingerprint density at radius 1 is 1.19 bits per heavy atom. The zero-order chi connectivity index (χ0) is 19.4. The van der Waals surface area contributed by atoms with Gasteiger partial charge in [0, 0.05) is 12.4 Å². The van der Waals surface area contributed by atoms with Crippen molar-refractivity contribution in [2.45, 2.75) is 19.5 Å². The maximum Gasteiger partial charge on any atom is 0.416 e. The third kappa shape index (κ3) is 4.52. The summed E-state index contributed by atoms with van der Waals surface area (Å²) in [7, 11) is 0. The van der Waals surface area contributed by atoms with Crippen molar-refractivity contribution in [3.8, 4) is 5.82 Å². The summed E-state index contributed by atoms with van der Waals surface area (Å²) in [6.45, 7) is 1.97. The van der Waals surface area contributed by atoms with Crippen LogP contribution in [-0.2, 0) is 17.3 Å². The van der Waals surface area contributed by atoms with E-state index in [-0.39, 0.29) is 6.61 Å². The van der Waals surface area contributed by atoms with Crippen molar-refractivity contribution in [3.63, 3.8) is 0 Å². The third-order valence-corrected chi connectivity index (χ3v) is 3.80. The van der Waals surface area contributed by atoms with E-state index in [1.165, 1.54) is 23.1 Å². The number of esters is 1. The lowest BCUT2D eigenvalue weighted by atomic mass is 10.0. The summed E-state index contributed by atoms with van der Waals surface area (Å²) in [6.07, 6.45) is 0.348. The number of hydrogen-bond acceptors (Lipinski definition) is 4. The highest BCUT2D eigenvalue weighted by Gasteiger charge is 2.30. The van der Waals surface area contributed by atoms with Crippen molar-refractivity contribution in [3.05, 3.63) is 77.2 Å². The fraction of sp³-hybridized carbons (Fsp3) is 0.211. The lowest BCUT2D eigenvalue weighted by molar-refractivity contribution is -0.137. The minimum Gasteiger partial charge on any atom is -0.462 e. The monoisotopic (exact) mass is 375 g/mol. The Morgan fingerprint density at radius 3 is 2.70 bits per heavy atom. The highest BCUT2D eigenvalue weighted by molar-refractivity contribution is 5.88. The molecular formula is C19H16F3N3O2. The zero-order valence-electron chi connectivity index (χ0n) is 14.4. The van der Waals surface area contributed by atoms with Crippen LogP contribution >= 0.6 is 0 Å². The van der Waals surface area contributed by atoms with E-state index in [2.05, 4.69) is 10.1 Å². The minimum absolute atomic E-state index is 0.259. The first-order chi connectivity index (χ1) is 12.9. The maximum atomic E-state index is 12.9. The number of pyridine rings is 1. The molecule has 0 saturated heterocycles. The molecular weight excluding hydrogens is 359 g/mol. The normalized spacial score (nSPS) is 11.4. The number of ether oxygens (including phenoxy) is 1. The standard InChI is InChI=1S/C19H16F3N3O2/c1-2-27-18(26)15-11-24-25(12-15)17-10-14(6-7-23-17)8-13-4-3-5-16(9-13)19(20,21)22/h3-7,9-12H,2,8H2,1H3. The van der Waals surface area contributed by atoms with Gasteiger partial charge in [0.2, 0.25) is 0 Å². The van der Waals surface area contributed by atoms with Gasteiger partial charge in [-0.1, -0.05) is 18.2 Å². The van der Waals surface area contributed by atoms with Crippen LogP contribution in [0.25, 0.3) is 5.82 Å². The number of alkyl halides is 3. The van der Waals surface area contributed by atoms with Crippen LogP contribution in [0, 0.1) is 0 Å². The minimum atomic E-state index is -4.38. The topological polar surface area (TPSA) is 57.0 Å². The van der Waals surface area contributed by atoms with Crippen molar-refractivity contribution in [1.82, 2.24) is 14.8 Å². The van der Waals surface area contributed by atoms with Gasteiger partial charge in [-0.2, -0.15) is 18.3 Å². The van der Waals surface area contributed by atoms with E-state index in [4.69, 9.17) is 4.74 Å². The Balaban J connectivity index is 1.81. The van der Waals surface area contributed by atoms with Crippen molar-refractivity contribution < 1.29 is 22.7 Å². The van der Waals surface area contributed by atoms with Gasteiger partial charge < -0.3 is 4.74 Å². The molecule has 0 aliphatic heterocycles. The van der Waals surface area contributed by atoms with Crippen LogP contribution in [0.3, 0.4) is 0 Å². The van der Waals surface area contributed by atoms with E-state index in [1.807, 2.05) is 0 Å². The van der Waals surface area contributed by atoms with Crippen LogP contribution in [0.2, 0.25) is 0 Å². The molecule has 0 unspecified atom stereocenters. The van der Waals surface area contributed by atoms with Gasteiger partial charge in [0.1, 0.15) is 0 Å². The molecule has 5 nitrogen and oxygen atoms in total. The molecule has 3 rings (SSSR count). The number of carbonyl (C=O) groups excluding carboxylic acids is 1. The molecule has 140 valence electrons. The van der Waals surface area contributed by atoms with Crippen molar-refractivity contribution in [2.75, 3.05) is 6.61 Å². The molecule has 0 radical (unpaired) electrons. The average molecular weight is 375 g/mol. The molecule has 2 heterocycles. The van der Waals surface area contributed by atoms with Gasteiger partial charge >= 0.3 is 12.1 Å². The Hall–Kier alpha value is -3.16. The highest BCUT2D eigenvalue weighted by atomic mass is 19.4. The van der Waals surface area contributed by atoms with Crippen molar-refractivity contribution in [2.24, 2.45) is 0 Å². The predicted octanol–water partition coefficient (Wildman–Crippen LogP) is 4.05. The Morgan fingerprint density at radius 2 is 1.96 bits per heavy atom. The summed E-state index contributed by atoms with van der Waals surface area (Å²) >= 11 is 0. The highest BCUT2D eigenvalue weighted by Crippen LogP contribution is 2.30. The SMILES string of the molecule is CCOC(=O)c1cnn(-c2cc(Cc3cccc(C(F)(F)F)c3)ccn2)c1. The van der Waals surface area contributed by atoms with Gasteiger partial charge in [0.05, 0.1) is 23.9 Å². The molecule has 3 aromatic rings. The lowest BCUT2D eigenvalue weighted by Gasteiger charge is -2.09. The van der Waals surface area contributed by atoms with Crippen LogP contribution in [0.5, 0.6) is 0 Å². The largest absolute Gasteiger partial charge is 0.462 e. The van der Waals surface area contributed by atoms with E-state index < -0.39 is 17.7 Å². The fourth-order valence-electron chi connectivity index (χ4n) is 2.56. The van der Waals surface area contributed by atoms with Crippen LogP contribution in [0.1, 0.15) is 34.0 Å². The van der Waals surface area contributed by atoms with Gasteiger partial charge in [-0.15, -0.1) is 0 Å². The summed E-state index contributed by atoms with van der Waals surface area (Å²) in [6, 6.07) is 8.64. The number of nitrogens with zero attached hydrogens (tertiary/aromatic N) is 3. The van der Waals surface area contributed by atoms with E-state index in [0.29, 0.717) is 23.4 Å². The first kappa shape index (κ1) is 18.6. The predicted molar refractivity (Wildman–Crippen MR) is 91.6 cm³/mol. The Kier molecular flexibility index (Phi) is 5.25. The third-order valence-electron chi connectivity index (χ3n) is 3.80. The summed E-state index contributed by atoms with van der Waals surface area (Å²) in [4.78, 5) is 15.9. The summed E-state index contributed by atoms with van der Waals surface area (Å²) in [5.41, 5.74) is 0.921. The van der Waals surface area contributed by atoms with E-state index in [1.54, 1.807) is 31.3 Å². The van der Waals surface area contributed by atoms with E-state index >= 15 is 0 Å². The van der Waals surface area contributed by atoms with Crippen molar-refractivity contribution >= 4 is 5.97 Å². The van der Waals surface area contributed by atoms with Crippen molar-refractivity contribution in [1.29, 1.82) is 0 Å². The molecule has 0 aliphatic rings. The van der Waals surface area contributed by atoms with Crippen LogP contribution in [0.4, 0.5) is 13.2 Å². The van der Waals surface area contributed by atoms with Gasteiger partial charge in [0.15, 0.2) is 5.82 Å². The van der Waals surface area contributed by atoms with Gasteiger partial charge in [-0.3, -0.25) is 0 Å². The first-order valence-electron chi connectivity index (χ1n) is 8.20. The van der Waals surface area contributed by atoms with Crippen LogP contribution in [0.15, 0.2) is 55.0 Å². The lowest BCUT2D eigenvalue weighted by Crippen LogP contribution is -2.05. The molecule has 1 aromatic carbocycles. The van der Waals surface area contributed by atoms with Crippen LogP contribution in [-0.4, -0.2) is 27.3 Å². The number of carbonyl (C=O) groups is 1. The molecule has 27 heavy (non-hydrogen) atoms. The van der Waals surface area contributed by atoms with Gasteiger partial charge in [-0.25, -0.2) is 14.5 Å².